The van der Waals surface area contributed by atoms with Gasteiger partial charge in [0.1, 0.15) is 9.79 Å². The lowest BCUT2D eigenvalue weighted by molar-refractivity contribution is 0.0950. The number of ketones is 2. The molecule has 0 aliphatic heterocycles. The molecule has 170 valence electrons. The summed E-state index contributed by atoms with van der Waals surface area (Å²) >= 11 is 0. The molecule has 0 heterocycles. The lowest BCUT2D eigenvalue weighted by atomic mass is 9.66. The van der Waals surface area contributed by atoms with Crippen molar-refractivity contribution >= 4 is 37.4 Å². The molecule has 2 unspecified atom stereocenters. The van der Waals surface area contributed by atoms with Crippen molar-refractivity contribution in [3.8, 4) is 11.1 Å². The van der Waals surface area contributed by atoms with Crippen LogP contribution in [0.15, 0.2) is 76.1 Å². The number of fused-ring (bicyclic) bond motifs is 3. The van der Waals surface area contributed by atoms with E-state index in [9.17, 15) is 35.5 Å². The molecule has 2 aromatic rings. The van der Waals surface area contributed by atoms with Crippen molar-refractivity contribution in [2.24, 2.45) is 5.92 Å². The van der Waals surface area contributed by atoms with Crippen molar-refractivity contribution in [1.82, 2.24) is 0 Å². The van der Waals surface area contributed by atoms with E-state index in [1.807, 2.05) is 18.2 Å². The summed E-state index contributed by atoms with van der Waals surface area (Å²) in [6.45, 7) is 0. The van der Waals surface area contributed by atoms with E-state index in [2.05, 4.69) is 0 Å². The number of carbonyl (C=O) groups is 2. The molecule has 0 saturated heterocycles. The second-order valence-electron chi connectivity index (χ2n) is 8.37. The average Bonchev–Trinajstić information content (AvgIpc) is 2.79. The minimum Gasteiger partial charge on any atom is -0.293 e. The summed E-state index contributed by atoms with van der Waals surface area (Å²) in [6.07, 6.45) is 10.6. The molecule has 34 heavy (non-hydrogen) atoms. The zero-order valence-corrected chi connectivity index (χ0v) is 18.7. The quantitative estimate of drug-likeness (QED) is 0.605. The number of allylic oxidation sites excluding steroid dienone is 8. The molecule has 4 aliphatic rings. The SMILES string of the molecule is O=C1c2ccc3c4c2C(=C2C=CC=CC12)C=CC4C(=O)c1c-3ccc(S(=O)(=O)O)c1S(=O)(=O)O. The zero-order chi connectivity index (χ0) is 24.2. The van der Waals surface area contributed by atoms with E-state index >= 15 is 0 Å². The van der Waals surface area contributed by atoms with Crippen LogP contribution in [0.2, 0.25) is 0 Å². The van der Waals surface area contributed by atoms with Gasteiger partial charge < -0.3 is 0 Å². The van der Waals surface area contributed by atoms with Crippen molar-refractivity contribution < 1.29 is 35.5 Å². The van der Waals surface area contributed by atoms with Gasteiger partial charge in [0, 0.05) is 11.1 Å². The Hall–Kier alpha value is -3.44. The molecule has 0 spiro atoms. The van der Waals surface area contributed by atoms with Crippen molar-refractivity contribution in [1.29, 1.82) is 0 Å². The predicted molar refractivity (Wildman–Crippen MR) is 121 cm³/mol. The molecule has 0 saturated carbocycles. The molecule has 2 aromatic carbocycles. The summed E-state index contributed by atoms with van der Waals surface area (Å²) in [5.74, 6) is -2.33. The third-order valence-corrected chi connectivity index (χ3v) is 8.61. The molecular weight excluding hydrogens is 480 g/mol. The van der Waals surface area contributed by atoms with Crippen molar-refractivity contribution in [2.75, 3.05) is 0 Å². The van der Waals surface area contributed by atoms with Crippen LogP contribution in [-0.4, -0.2) is 37.5 Å². The molecule has 2 atom stereocenters. The van der Waals surface area contributed by atoms with E-state index in [-0.39, 0.29) is 11.3 Å². The Morgan fingerprint density at radius 1 is 0.676 bits per heavy atom. The van der Waals surface area contributed by atoms with Gasteiger partial charge in [0.05, 0.1) is 11.8 Å². The highest BCUT2D eigenvalue weighted by Gasteiger charge is 2.44. The maximum Gasteiger partial charge on any atom is 0.296 e. The highest BCUT2D eigenvalue weighted by atomic mass is 32.2. The third kappa shape index (κ3) is 2.65. The second kappa shape index (κ2) is 6.57. The molecule has 4 aliphatic carbocycles. The molecular formula is C24H14O8S2. The van der Waals surface area contributed by atoms with Crippen LogP contribution in [0.5, 0.6) is 0 Å². The fourth-order valence-electron chi connectivity index (χ4n) is 5.35. The van der Waals surface area contributed by atoms with Crippen LogP contribution in [0.25, 0.3) is 16.7 Å². The van der Waals surface area contributed by atoms with Gasteiger partial charge in [-0.15, -0.1) is 0 Å². The molecule has 2 N–H and O–H groups in total. The Labute approximate surface area is 194 Å². The van der Waals surface area contributed by atoms with Gasteiger partial charge in [-0.05, 0) is 39.5 Å². The average molecular weight is 495 g/mol. The molecule has 0 bridgehead atoms. The van der Waals surface area contributed by atoms with Crippen LogP contribution in [0, 0.1) is 5.92 Å². The minimum atomic E-state index is -5.22. The normalized spacial score (nSPS) is 21.9. The Balaban J connectivity index is 1.75. The summed E-state index contributed by atoms with van der Waals surface area (Å²) in [5, 5.41) is 0. The van der Waals surface area contributed by atoms with Crippen LogP contribution in [0.4, 0.5) is 0 Å². The Kier molecular flexibility index (Phi) is 4.08. The molecule has 0 aromatic heterocycles. The van der Waals surface area contributed by atoms with E-state index in [0.29, 0.717) is 22.3 Å². The zero-order valence-electron chi connectivity index (χ0n) is 17.1. The van der Waals surface area contributed by atoms with E-state index in [1.54, 1.807) is 30.4 Å². The number of benzene rings is 2. The first kappa shape index (κ1) is 21.1. The first-order valence-electron chi connectivity index (χ1n) is 10.2. The first-order valence-corrected chi connectivity index (χ1v) is 13.0. The van der Waals surface area contributed by atoms with Crippen molar-refractivity contribution in [3.05, 3.63) is 88.5 Å². The number of rotatable bonds is 2. The lowest BCUT2D eigenvalue weighted by Crippen LogP contribution is -2.30. The molecule has 6 rings (SSSR count). The molecule has 10 heteroatoms. The lowest BCUT2D eigenvalue weighted by Gasteiger charge is -2.36. The van der Waals surface area contributed by atoms with Gasteiger partial charge >= 0.3 is 0 Å². The van der Waals surface area contributed by atoms with Crippen molar-refractivity contribution in [2.45, 2.75) is 15.7 Å². The molecule has 0 radical (unpaired) electrons. The second-order valence-corrected chi connectivity index (χ2v) is 11.1. The maximum absolute atomic E-state index is 13.6. The monoisotopic (exact) mass is 494 g/mol. The standard InChI is InChI=1S/C24H14O8S2/c25-22-15-4-2-1-3-11(15)12-5-8-17-20-13(6-7-16(22)19(12)20)14-9-10-18(33(27,28)29)24(34(30,31)32)21(14)23(17)26/h1-10,15,17H,(H,27,28,29)(H,30,31,32). The van der Waals surface area contributed by atoms with E-state index < -0.39 is 53.2 Å². The Bertz CT molecular complexity index is 1740. The number of hydrogen-bond acceptors (Lipinski definition) is 6. The van der Waals surface area contributed by atoms with Crippen molar-refractivity contribution in [3.63, 3.8) is 0 Å². The fourth-order valence-corrected chi connectivity index (χ4v) is 7.35. The van der Waals surface area contributed by atoms with Gasteiger partial charge in [-0.3, -0.25) is 18.7 Å². The van der Waals surface area contributed by atoms with Gasteiger partial charge in [0.25, 0.3) is 20.2 Å². The number of carbonyl (C=O) groups excluding carboxylic acids is 2. The highest BCUT2D eigenvalue weighted by Crippen LogP contribution is 2.52. The minimum absolute atomic E-state index is 0.0902. The summed E-state index contributed by atoms with van der Waals surface area (Å²) < 4.78 is 67.5. The van der Waals surface area contributed by atoms with Crippen LogP contribution in [0.1, 0.15) is 37.8 Å². The number of hydrogen-bond donors (Lipinski definition) is 2. The van der Waals surface area contributed by atoms with Gasteiger partial charge in [0.2, 0.25) is 0 Å². The summed E-state index contributed by atoms with van der Waals surface area (Å²) in [7, 11) is -10.3. The van der Waals surface area contributed by atoms with E-state index in [1.165, 1.54) is 6.07 Å². The summed E-state index contributed by atoms with van der Waals surface area (Å²) in [6, 6.07) is 5.26. The highest BCUT2D eigenvalue weighted by molar-refractivity contribution is 7.89. The van der Waals surface area contributed by atoms with Crippen LogP contribution >= 0.6 is 0 Å². The molecule has 0 amide bonds. The first-order chi connectivity index (χ1) is 16.0. The van der Waals surface area contributed by atoms with Gasteiger partial charge in [-0.2, -0.15) is 16.8 Å². The van der Waals surface area contributed by atoms with Gasteiger partial charge in [-0.1, -0.05) is 54.7 Å². The molecule has 8 nitrogen and oxygen atoms in total. The Morgan fingerprint density at radius 2 is 1.38 bits per heavy atom. The van der Waals surface area contributed by atoms with E-state index in [0.717, 1.165) is 17.2 Å². The predicted octanol–water partition coefficient (Wildman–Crippen LogP) is 3.39. The molecule has 0 fully saturated rings. The van der Waals surface area contributed by atoms with Gasteiger partial charge in [-0.25, -0.2) is 0 Å². The smallest absolute Gasteiger partial charge is 0.293 e. The van der Waals surface area contributed by atoms with Crippen LogP contribution < -0.4 is 0 Å². The fraction of sp³-hybridized carbons (Fsp3) is 0.0833. The Morgan fingerprint density at radius 3 is 2.09 bits per heavy atom. The van der Waals surface area contributed by atoms with Crippen LogP contribution in [0.3, 0.4) is 0 Å². The summed E-state index contributed by atoms with van der Waals surface area (Å²) in [5.41, 5.74) is 3.15. The van der Waals surface area contributed by atoms with Crippen LogP contribution in [-0.2, 0) is 20.2 Å². The van der Waals surface area contributed by atoms with E-state index in [4.69, 9.17) is 0 Å². The maximum atomic E-state index is 13.6. The third-order valence-electron chi connectivity index (χ3n) is 6.64. The summed E-state index contributed by atoms with van der Waals surface area (Å²) in [4.78, 5) is 24.6. The largest absolute Gasteiger partial charge is 0.296 e. The number of Topliss-reactive ketones (excluding diaryl/α,β-unsaturated/α-hetero) is 2. The topological polar surface area (TPSA) is 143 Å². The van der Waals surface area contributed by atoms with Gasteiger partial charge in [0.15, 0.2) is 11.6 Å².